The van der Waals surface area contributed by atoms with Gasteiger partial charge >= 0.3 is 0 Å². The molecular weight excluding hydrogens is 292 g/mol. The Morgan fingerprint density at radius 1 is 1.48 bits per heavy atom. The fourth-order valence-corrected chi connectivity index (χ4v) is 2.23. The molecule has 0 spiro atoms. The number of hydrogen-bond donors (Lipinski definition) is 1. The van der Waals surface area contributed by atoms with Crippen molar-refractivity contribution in [1.82, 2.24) is 19.9 Å². The number of hydrogen-bond acceptors (Lipinski definition) is 4. The highest BCUT2D eigenvalue weighted by molar-refractivity contribution is 6.20. The average molecular weight is 311 g/mol. The Hall–Kier alpha value is -1.66. The predicted molar refractivity (Wildman–Crippen MR) is 81.4 cm³/mol. The summed E-state index contributed by atoms with van der Waals surface area (Å²) in [5.41, 5.74) is 2.30. The molecule has 2 heterocycles. The highest BCUT2D eigenvalue weighted by atomic mass is 35.5. The van der Waals surface area contributed by atoms with Crippen LogP contribution >= 0.6 is 11.6 Å². The predicted octanol–water partition coefficient (Wildman–Crippen LogP) is 1.80. The van der Waals surface area contributed by atoms with Gasteiger partial charge in [-0.25, -0.2) is 9.97 Å². The second-order valence-electron chi connectivity index (χ2n) is 4.81. The number of methoxy groups -OCH3 is 1. The molecule has 0 saturated carbocycles. The van der Waals surface area contributed by atoms with E-state index in [1.54, 1.807) is 11.7 Å². The van der Waals surface area contributed by atoms with Gasteiger partial charge in [-0.1, -0.05) is 0 Å². The van der Waals surface area contributed by atoms with Gasteiger partial charge in [0, 0.05) is 19.3 Å². The third kappa shape index (κ3) is 3.71. The third-order valence-electron chi connectivity index (χ3n) is 3.05. The number of aryl methyl sites for hydroxylation is 1. The molecule has 1 amide bonds. The van der Waals surface area contributed by atoms with Gasteiger partial charge in [0.2, 0.25) is 5.91 Å². The molecule has 0 aliphatic heterocycles. The lowest BCUT2D eigenvalue weighted by Crippen LogP contribution is -2.31. The van der Waals surface area contributed by atoms with Crippen LogP contribution in [0.5, 0.6) is 0 Å². The van der Waals surface area contributed by atoms with Gasteiger partial charge in [-0.05, 0) is 26.0 Å². The molecule has 0 bridgehead atoms. The summed E-state index contributed by atoms with van der Waals surface area (Å²) < 4.78 is 6.67. The molecule has 6 nitrogen and oxygen atoms in total. The number of halogens is 1. The molecule has 0 aromatic carbocycles. The molecule has 0 aliphatic carbocycles. The molecular formula is C14H19ClN4O2. The molecule has 114 valence electrons. The highest BCUT2D eigenvalue weighted by Crippen LogP contribution is 2.23. The van der Waals surface area contributed by atoms with Crippen LogP contribution in [0.4, 0.5) is 0 Å². The fraction of sp³-hybridized carbons (Fsp3) is 0.500. The van der Waals surface area contributed by atoms with E-state index in [9.17, 15) is 4.79 Å². The first-order valence-electron chi connectivity index (χ1n) is 6.76. The zero-order chi connectivity index (χ0) is 15.4. The number of ether oxygens (including phenoxy) is 1. The lowest BCUT2D eigenvalue weighted by Gasteiger charge is -2.10. The van der Waals surface area contributed by atoms with Crippen molar-refractivity contribution in [3.8, 4) is 0 Å². The molecule has 2 aromatic heterocycles. The number of aromatic nitrogens is 3. The van der Waals surface area contributed by atoms with Crippen molar-refractivity contribution in [2.75, 3.05) is 20.3 Å². The SMILES string of the molecule is COCCNC(=O)Cn1c(C(C)Cl)nc2ccc(C)nc21. The molecule has 0 radical (unpaired) electrons. The maximum atomic E-state index is 12.0. The van der Waals surface area contributed by atoms with Crippen LogP contribution in [-0.4, -0.2) is 40.7 Å². The lowest BCUT2D eigenvalue weighted by atomic mass is 10.3. The van der Waals surface area contributed by atoms with Crippen LogP contribution in [-0.2, 0) is 16.1 Å². The van der Waals surface area contributed by atoms with Gasteiger partial charge in [-0.15, -0.1) is 11.6 Å². The Labute approximate surface area is 128 Å². The molecule has 1 atom stereocenters. The van der Waals surface area contributed by atoms with E-state index in [-0.39, 0.29) is 17.8 Å². The first-order chi connectivity index (χ1) is 10.0. The zero-order valence-corrected chi connectivity index (χ0v) is 13.1. The quantitative estimate of drug-likeness (QED) is 0.652. The number of fused-ring (bicyclic) bond motifs is 1. The summed E-state index contributed by atoms with van der Waals surface area (Å²) in [6.07, 6.45) is 0. The van der Waals surface area contributed by atoms with Gasteiger partial charge in [0.25, 0.3) is 0 Å². The molecule has 0 fully saturated rings. The number of nitrogens with one attached hydrogen (secondary N) is 1. The zero-order valence-electron chi connectivity index (χ0n) is 12.4. The lowest BCUT2D eigenvalue weighted by molar-refractivity contribution is -0.121. The number of pyridine rings is 1. The highest BCUT2D eigenvalue weighted by Gasteiger charge is 2.18. The van der Waals surface area contributed by atoms with Gasteiger partial charge in [-0.2, -0.15) is 0 Å². The van der Waals surface area contributed by atoms with Crippen LogP contribution in [0.1, 0.15) is 23.8 Å². The van der Waals surface area contributed by atoms with E-state index >= 15 is 0 Å². The number of imidazole rings is 1. The second kappa shape index (κ2) is 6.87. The summed E-state index contributed by atoms with van der Waals surface area (Å²) in [5.74, 6) is 0.528. The van der Waals surface area contributed by atoms with Crippen LogP contribution < -0.4 is 5.32 Å². The minimum absolute atomic E-state index is 0.117. The van der Waals surface area contributed by atoms with E-state index in [4.69, 9.17) is 16.3 Å². The molecule has 21 heavy (non-hydrogen) atoms. The number of rotatable bonds is 6. The Morgan fingerprint density at radius 3 is 2.90 bits per heavy atom. The largest absolute Gasteiger partial charge is 0.383 e. The van der Waals surface area contributed by atoms with Gasteiger partial charge in [-0.3, -0.25) is 4.79 Å². The molecule has 1 unspecified atom stereocenters. The Kier molecular flexibility index (Phi) is 5.14. The Morgan fingerprint density at radius 2 is 2.24 bits per heavy atom. The first-order valence-corrected chi connectivity index (χ1v) is 7.20. The number of nitrogens with zero attached hydrogens (tertiary/aromatic N) is 3. The van der Waals surface area contributed by atoms with Gasteiger partial charge < -0.3 is 14.6 Å². The van der Waals surface area contributed by atoms with Crippen molar-refractivity contribution in [2.24, 2.45) is 0 Å². The molecule has 0 saturated heterocycles. The number of carbonyl (C=O) groups excluding carboxylic acids is 1. The van der Waals surface area contributed by atoms with E-state index in [2.05, 4.69) is 15.3 Å². The maximum Gasteiger partial charge on any atom is 0.240 e. The Bertz CT molecular complexity index is 639. The van der Waals surface area contributed by atoms with E-state index in [0.29, 0.717) is 24.6 Å². The molecule has 2 rings (SSSR count). The second-order valence-corrected chi connectivity index (χ2v) is 5.46. The topological polar surface area (TPSA) is 69.0 Å². The summed E-state index contributed by atoms with van der Waals surface area (Å²) in [6, 6.07) is 3.78. The number of amides is 1. The summed E-state index contributed by atoms with van der Waals surface area (Å²) in [5, 5.41) is 2.48. The fourth-order valence-electron chi connectivity index (χ4n) is 2.07. The summed E-state index contributed by atoms with van der Waals surface area (Å²) >= 11 is 6.17. The third-order valence-corrected chi connectivity index (χ3v) is 3.24. The summed E-state index contributed by atoms with van der Waals surface area (Å²) in [6.45, 7) is 4.82. The normalized spacial score (nSPS) is 12.6. The van der Waals surface area contributed by atoms with Crippen molar-refractivity contribution in [3.63, 3.8) is 0 Å². The number of carbonyl (C=O) groups is 1. The average Bonchev–Trinajstić information content (AvgIpc) is 2.77. The minimum Gasteiger partial charge on any atom is -0.383 e. The van der Waals surface area contributed by atoms with Crippen LogP contribution in [0.3, 0.4) is 0 Å². The van der Waals surface area contributed by atoms with Gasteiger partial charge in [0.05, 0.1) is 12.0 Å². The summed E-state index contributed by atoms with van der Waals surface area (Å²) in [4.78, 5) is 20.9. The van der Waals surface area contributed by atoms with Crippen LogP contribution in [0.25, 0.3) is 11.2 Å². The van der Waals surface area contributed by atoms with Crippen molar-refractivity contribution in [3.05, 3.63) is 23.7 Å². The molecule has 1 N–H and O–H groups in total. The van der Waals surface area contributed by atoms with Crippen LogP contribution in [0.15, 0.2) is 12.1 Å². The minimum atomic E-state index is -0.300. The van der Waals surface area contributed by atoms with Gasteiger partial charge in [0.15, 0.2) is 5.65 Å². The van der Waals surface area contributed by atoms with Crippen molar-refractivity contribution >= 4 is 28.7 Å². The standard InChI is InChI=1S/C14H19ClN4O2/c1-9-4-5-11-14(17-9)19(13(18-11)10(2)15)8-12(20)16-6-7-21-3/h4-5,10H,6-8H2,1-3H3,(H,16,20). The smallest absolute Gasteiger partial charge is 0.240 e. The van der Waals surface area contributed by atoms with E-state index in [1.165, 1.54) is 0 Å². The Balaban J connectivity index is 2.29. The number of alkyl halides is 1. The molecule has 2 aromatic rings. The molecule has 7 heteroatoms. The first kappa shape index (κ1) is 15.7. The molecule has 0 aliphatic rings. The van der Waals surface area contributed by atoms with Crippen LogP contribution in [0, 0.1) is 6.92 Å². The van der Waals surface area contributed by atoms with E-state index in [0.717, 1.165) is 11.2 Å². The van der Waals surface area contributed by atoms with Crippen molar-refractivity contribution in [2.45, 2.75) is 25.8 Å². The van der Waals surface area contributed by atoms with Crippen molar-refractivity contribution in [1.29, 1.82) is 0 Å². The summed E-state index contributed by atoms with van der Waals surface area (Å²) in [7, 11) is 1.59. The van der Waals surface area contributed by atoms with Crippen molar-refractivity contribution < 1.29 is 9.53 Å². The maximum absolute atomic E-state index is 12.0. The monoisotopic (exact) mass is 310 g/mol. The van der Waals surface area contributed by atoms with Crippen LogP contribution in [0.2, 0.25) is 0 Å². The van der Waals surface area contributed by atoms with E-state index in [1.807, 2.05) is 26.0 Å². The van der Waals surface area contributed by atoms with Gasteiger partial charge in [0.1, 0.15) is 17.9 Å². The van der Waals surface area contributed by atoms with E-state index < -0.39 is 0 Å².